The smallest absolute Gasteiger partial charge is 0.313 e. The van der Waals surface area contributed by atoms with Crippen LogP contribution in [0, 0.1) is 0 Å². The lowest BCUT2D eigenvalue weighted by Gasteiger charge is -2.19. The van der Waals surface area contributed by atoms with Crippen molar-refractivity contribution in [3.05, 3.63) is 96.1 Å². The van der Waals surface area contributed by atoms with E-state index in [9.17, 15) is 9.59 Å². The molecule has 0 aliphatic rings. The lowest BCUT2D eigenvalue weighted by atomic mass is 9.99. The average Bonchev–Trinajstić information content (AvgIpc) is 2.73. The molecule has 0 aliphatic heterocycles. The van der Waals surface area contributed by atoms with Crippen LogP contribution >= 0.6 is 11.8 Å². The minimum Gasteiger partial charge on any atom is -0.337 e. The number of amides is 2. The maximum absolute atomic E-state index is 12.5. The van der Waals surface area contributed by atoms with Crippen LogP contribution in [0.4, 0.5) is 5.69 Å². The van der Waals surface area contributed by atoms with Gasteiger partial charge in [0.2, 0.25) is 0 Å². The van der Waals surface area contributed by atoms with Gasteiger partial charge < -0.3 is 10.6 Å². The fourth-order valence-electron chi connectivity index (χ4n) is 2.74. The maximum atomic E-state index is 12.5. The number of hydrogen-bond acceptors (Lipinski definition) is 3. The van der Waals surface area contributed by atoms with E-state index in [0.29, 0.717) is 5.69 Å². The molecule has 0 saturated heterocycles. The molecule has 0 spiro atoms. The molecule has 2 amide bonds. The van der Waals surface area contributed by atoms with Crippen molar-refractivity contribution in [1.29, 1.82) is 0 Å². The first-order valence-electron chi connectivity index (χ1n) is 8.53. The van der Waals surface area contributed by atoms with Gasteiger partial charge in [0.25, 0.3) is 0 Å². The quantitative estimate of drug-likeness (QED) is 0.517. The number of carbonyl (C=O) groups is 2. The Hall–Kier alpha value is -3.05. The second-order valence-electron chi connectivity index (χ2n) is 5.91. The molecule has 0 radical (unpaired) electrons. The third-order valence-corrected chi connectivity index (χ3v) is 4.80. The van der Waals surface area contributed by atoms with Crippen molar-refractivity contribution >= 4 is 29.3 Å². The summed E-state index contributed by atoms with van der Waals surface area (Å²) in [5.74, 6) is -1.37. The van der Waals surface area contributed by atoms with E-state index in [2.05, 4.69) is 10.6 Å². The van der Waals surface area contributed by atoms with Gasteiger partial charge in [0, 0.05) is 10.6 Å². The van der Waals surface area contributed by atoms with Gasteiger partial charge in [-0.25, -0.2) is 0 Å². The highest BCUT2D eigenvalue weighted by Gasteiger charge is 2.21. The standard InChI is InChI=1S/C22H20N2O2S/c1-27-19-14-8-13-18(15-19)23-21(25)22(26)24-20(16-9-4-2-5-10-16)17-11-6-3-7-12-17/h2-15,20H,1H3,(H,23,25)(H,24,26). The Morgan fingerprint density at radius 1 is 0.778 bits per heavy atom. The summed E-state index contributed by atoms with van der Waals surface area (Å²) in [5.41, 5.74) is 2.42. The Morgan fingerprint density at radius 3 is 1.93 bits per heavy atom. The molecule has 0 aromatic heterocycles. The van der Waals surface area contributed by atoms with Gasteiger partial charge in [-0.15, -0.1) is 11.8 Å². The van der Waals surface area contributed by atoms with E-state index in [1.807, 2.05) is 85.1 Å². The summed E-state index contributed by atoms with van der Waals surface area (Å²) in [6.45, 7) is 0. The van der Waals surface area contributed by atoms with Gasteiger partial charge in [0.1, 0.15) is 0 Å². The molecule has 0 heterocycles. The van der Waals surface area contributed by atoms with Crippen LogP contribution in [-0.2, 0) is 9.59 Å². The van der Waals surface area contributed by atoms with E-state index in [1.165, 1.54) is 0 Å². The van der Waals surface area contributed by atoms with Gasteiger partial charge in [-0.3, -0.25) is 9.59 Å². The minimum absolute atomic E-state index is 0.400. The zero-order valence-electron chi connectivity index (χ0n) is 14.9. The van der Waals surface area contributed by atoms with E-state index >= 15 is 0 Å². The fraction of sp³-hybridized carbons (Fsp3) is 0.0909. The fourth-order valence-corrected chi connectivity index (χ4v) is 3.19. The molecule has 0 fully saturated rings. The molecular weight excluding hydrogens is 356 g/mol. The van der Waals surface area contributed by atoms with Crippen LogP contribution in [0.5, 0.6) is 0 Å². The van der Waals surface area contributed by atoms with Gasteiger partial charge in [0.05, 0.1) is 6.04 Å². The SMILES string of the molecule is CSc1cccc(NC(=O)C(=O)NC(c2ccccc2)c2ccccc2)c1. The lowest BCUT2D eigenvalue weighted by molar-refractivity contribution is -0.136. The molecule has 3 aromatic rings. The molecule has 5 heteroatoms. The minimum atomic E-state index is -0.690. The second kappa shape index (κ2) is 9.05. The van der Waals surface area contributed by atoms with Crippen LogP contribution in [0.1, 0.15) is 17.2 Å². The topological polar surface area (TPSA) is 58.2 Å². The first-order chi connectivity index (χ1) is 13.2. The summed E-state index contributed by atoms with van der Waals surface area (Å²) < 4.78 is 0. The van der Waals surface area contributed by atoms with Crippen LogP contribution in [-0.4, -0.2) is 18.1 Å². The zero-order chi connectivity index (χ0) is 19.1. The molecule has 136 valence electrons. The predicted molar refractivity (Wildman–Crippen MR) is 110 cm³/mol. The number of nitrogens with one attached hydrogen (secondary N) is 2. The van der Waals surface area contributed by atoms with E-state index in [0.717, 1.165) is 16.0 Å². The first kappa shape index (κ1) is 18.7. The van der Waals surface area contributed by atoms with E-state index in [-0.39, 0.29) is 0 Å². The Labute approximate surface area is 163 Å². The Balaban J connectivity index is 1.77. The average molecular weight is 376 g/mol. The van der Waals surface area contributed by atoms with Gasteiger partial charge in [-0.2, -0.15) is 0 Å². The Kier molecular flexibility index (Phi) is 6.28. The molecule has 0 atom stereocenters. The van der Waals surface area contributed by atoms with E-state index < -0.39 is 17.9 Å². The molecule has 0 saturated carbocycles. The largest absolute Gasteiger partial charge is 0.337 e. The number of hydrogen-bond donors (Lipinski definition) is 2. The molecule has 3 aromatic carbocycles. The van der Waals surface area contributed by atoms with E-state index in [4.69, 9.17) is 0 Å². The van der Waals surface area contributed by atoms with Gasteiger partial charge in [-0.1, -0.05) is 66.7 Å². The van der Waals surface area contributed by atoms with Gasteiger partial charge in [-0.05, 0) is 35.6 Å². The summed E-state index contributed by atoms with van der Waals surface area (Å²) in [6, 6.07) is 26.2. The van der Waals surface area contributed by atoms with Crippen molar-refractivity contribution < 1.29 is 9.59 Å². The van der Waals surface area contributed by atoms with Gasteiger partial charge >= 0.3 is 11.8 Å². The van der Waals surface area contributed by atoms with Crippen molar-refractivity contribution in [1.82, 2.24) is 5.32 Å². The van der Waals surface area contributed by atoms with Crippen molar-refractivity contribution in [2.75, 3.05) is 11.6 Å². The Morgan fingerprint density at radius 2 is 1.37 bits per heavy atom. The first-order valence-corrected chi connectivity index (χ1v) is 9.75. The highest BCUT2D eigenvalue weighted by Crippen LogP contribution is 2.22. The normalized spacial score (nSPS) is 10.4. The van der Waals surface area contributed by atoms with Crippen LogP contribution in [0.2, 0.25) is 0 Å². The predicted octanol–water partition coefficient (Wildman–Crippen LogP) is 4.25. The van der Waals surface area contributed by atoms with Crippen molar-refractivity contribution in [2.45, 2.75) is 10.9 Å². The van der Waals surface area contributed by atoms with Crippen LogP contribution in [0.25, 0.3) is 0 Å². The highest BCUT2D eigenvalue weighted by molar-refractivity contribution is 7.98. The molecule has 3 rings (SSSR count). The number of benzene rings is 3. The monoisotopic (exact) mass is 376 g/mol. The van der Waals surface area contributed by atoms with Crippen molar-refractivity contribution in [2.24, 2.45) is 0 Å². The summed E-state index contributed by atoms with van der Waals surface area (Å²) in [6.07, 6.45) is 1.96. The maximum Gasteiger partial charge on any atom is 0.313 e. The molecule has 2 N–H and O–H groups in total. The molecule has 4 nitrogen and oxygen atoms in total. The van der Waals surface area contributed by atoms with Crippen LogP contribution < -0.4 is 10.6 Å². The Bertz CT molecular complexity index is 874. The summed E-state index contributed by atoms with van der Waals surface area (Å²) in [5, 5.41) is 5.50. The molecule has 27 heavy (non-hydrogen) atoms. The third kappa shape index (κ3) is 4.99. The van der Waals surface area contributed by atoms with Gasteiger partial charge in [0.15, 0.2) is 0 Å². The van der Waals surface area contributed by atoms with E-state index in [1.54, 1.807) is 17.8 Å². The number of anilines is 1. The summed E-state index contributed by atoms with van der Waals surface area (Å²) in [4.78, 5) is 25.9. The molecule has 0 unspecified atom stereocenters. The van der Waals surface area contributed by atoms with Crippen LogP contribution in [0.15, 0.2) is 89.8 Å². The van der Waals surface area contributed by atoms with Crippen LogP contribution in [0.3, 0.4) is 0 Å². The number of rotatable bonds is 5. The third-order valence-electron chi connectivity index (χ3n) is 4.08. The summed E-state index contributed by atoms with van der Waals surface area (Å²) in [7, 11) is 0. The zero-order valence-corrected chi connectivity index (χ0v) is 15.7. The highest BCUT2D eigenvalue weighted by atomic mass is 32.2. The molecule has 0 aliphatic carbocycles. The number of thioether (sulfide) groups is 1. The lowest BCUT2D eigenvalue weighted by Crippen LogP contribution is -2.38. The number of carbonyl (C=O) groups excluding carboxylic acids is 2. The summed E-state index contributed by atoms with van der Waals surface area (Å²) >= 11 is 1.57. The molecular formula is C22H20N2O2S. The van der Waals surface area contributed by atoms with Crippen molar-refractivity contribution in [3.8, 4) is 0 Å². The second-order valence-corrected chi connectivity index (χ2v) is 6.79. The molecule has 0 bridgehead atoms. The van der Waals surface area contributed by atoms with Crippen molar-refractivity contribution in [3.63, 3.8) is 0 Å².